The van der Waals surface area contributed by atoms with E-state index in [9.17, 15) is 34.2 Å². The number of Topliss-reactive ketones (excluding diaryl/α,β-unsaturated/α-hetero) is 1. The second kappa shape index (κ2) is 9.06. The van der Waals surface area contributed by atoms with Crippen molar-refractivity contribution in [1.82, 2.24) is 0 Å². The normalized spacial score (nSPS) is 10.6. The number of ketones is 1. The molecule has 0 aliphatic rings. The van der Waals surface area contributed by atoms with Gasteiger partial charge < -0.3 is 28.8 Å². The summed E-state index contributed by atoms with van der Waals surface area (Å²) in [5, 5.41) is 19.0. The third kappa shape index (κ3) is 4.58. The SMILES string of the molecule is CC(=O)Oc1cc2oc(-c3ccc(O)c(O)c3)c(OC(C)=O)c(=O)c2c(OC(C)=O)c1C(C)=O. The number of carbonyl (C=O) groups excluding carboxylic acids is 4. The van der Waals surface area contributed by atoms with Crippen LogP contribution in [0.15, 0.2) is 33.5 Å². The number of ether oxygens (including phenoxy) is 3. The highest BCUT2D eigenvalue weighted by atomic mass is 16.6. The average molecular weight is 470 g/mol. The summed E-state index contributed by atoms with van der Waals surface area (Å²) in [5.74, 6) is -6.16. The van der Waals surface area contributed by atoms with E-state index >= 15 is 0 Å². The molecule has 2 aromatic carbocycles. The van der Waals surface area contributed by atoms with Crippen LogP contribution in [0.2, 0.25) is 0 Å². The van der Waals surface area contributed by atoms with Crippen molar-refractivity contribution < 1.29 is 48.0 Å². The minimum Gasteiger partial charge on any atom is -0.504 e. The van der Waals surface area contributed by atoms with Gasteiger partial charge in [-0.05, 0) is 25.1 Å². The third-order valence-corrected chi connectivity index (χ3v) is 4.40. The number of fused-ring (bicyclic) bond motifs is 1. The van der Waals surface area contributed by atoms with E-state index in [0.717, 1.165) is 45.9 Å². The Labute approximate surface area is 191 Å². The smallest absolute Gasteiger partial charge is 0.308 e. The molecule has 2 N–H and O–H groups in total. The van der Waals surface area contributed by atoms with Gasteiger partial charge >= 0.3 is 17.9 Å². The lowest BCUT2D eigenvalue weighted by Crippen LogP contribution is -2.17. The van der Waals surface area contributed by atoms with E-state index in [1.54, 1.807) is 0 Å². The minimum absolute atomic E-state index is 0.0317. The minimum atomic E-state index is -0.993. The van der Waals surface area contributed by atoms with Crippen LogP contribution in [0, 0.1) is 0 Å². The van der Waals surface area contributed by atoms with Gasteiger partial charge in [0.25, 0.3) is 0 Å². The average Bonchev–Trinajstić information content (AvgIpc) is 2.70. The molecule has 1 heterocycles. The van der Waals surface area contributed by atoms with Gasteiger partial charge in [0, 0.05) is 32.4 Å². The van der Waals surface area contributed by atoms with Crippen LogP contribution in [0.5, 0.6) is 28.7 Å². The molecule has 0 saturated carbocycles. The molecule has 0 atom stereocenters. The van der Waals surface area contributed by atoms with Crippen molar-refractivity contribution in [1.29, 1.82) is 0 Å². The lowest BCUT2D eigenvalue weighted by Gasteiger charge is -2.16. The van der Waals surface area contributed by atoms with Crippen LogP contribution < -0.4 is 19.6 Å². The maximum absolute atomic E-state index is 13.5. The molecule has 0 spiro atoms. The Hall–Kier alpha value is -4.67. The molecule has 0 aliphatic carbocycles. The molecule has 3 aromatic rings. The van der Waals surface area contributed by atoms with E-state index < -0.39 is 57.5 Å². The highest BCUT2D eigenvalue weighted by molar-refractivity contribution is 6.07. The standard InChI is InChI=1S/C23H18O11/c1-9(24)18-16(31-10(2)25)8-17-19(22(18)32-11(3)26)20(30)23(33-12(4)27)21(34-17)13-5-6-14(28)15(29)7-13/h5-8,28-29H,1-4H3. The number of aromatic hydroxyl groups is 2. The van der Waals surface area contributed by atoms with Crippen LogP contribution in [-0.4, -0.2) is 33.9 Å². The zero-order valence-electron chi connectivity index (χ0n) is 18.4. The van der Waals surface area contributed by atoms with Crippen molar-refractivity contribution in [3.8, 4) is 40.1 Å². The molecule has 11 heteroatoms. The molecule has 1 aromatic heterocycles. The lowest BCUT2D eigenvalue weighted by atomic mass is 10.0. The highest BCUT2D eigenvalue weighted by Crippen LogP contribution is 2.41. The summed E-state index contributed by atoms with van der Waals surface area (Å²) in [4.78, 5) is 61.0. The number of benzene rings is 2. The number of phenols is 2. The molecule has 0 fully saturated rings. The van der Waals surface area contributed by atoms with Crippen molar-refractivity contribution in [2.75, 3.05) is 0 Å². The first-order valence-electron chi connectivity index (χ1n) is 9.67. The van der Waals surface area contributed by atoms with Crippen molar-refractivity contribution in [3.05, 3.63) is 40.1 Å². The van der Waals surface area contributed by atoms with Crippen LogP contribution in [0.25, 0.3) is 22.3 Å². The van der Waals surface area contributed by atoms with Crippen LogP contribution in [0.4, 0.5) is 0 Å². The van der Waals surface area contributed by atoms with Gasteiger partial charge in [-0.1, -0.05) is 0 Å². The fraction of sp³-hybridized carbons (Fsp3) is 0.174. The number of phenolic OH excluding ortho intramolecular Hbond substituents is 2. The Morgan fingerprint density at radius 2 is 1.38 bits per heavy atom. The van der Waals surface area contributed by atoms with E-state index in [4.69, 9.17) is 18.6 Å². The largest absolute Gasteiger partial charge is 0.504 e. The fourth-order valence-electron chi connectivity index (χ4n) is 3.19. The highest BCUT2D eigenvalue weighted by Gasteiger charge is 2.29. The van der Waals surface area contributed by atoms with Crippen LogP contribution in [-0.2, 0) is 14.4 Å². The number of hydrogen-bond donors (Lipinski definition) is 2. The van der Waals surface area contributed by atoms with Crippen molar-refractivity contribution in [3.63, 3.8) is 0 Å². The Balaban J connectivity index is 2.54. The van der Waals surface area contributed by atoms with Gasteiger partial charge in [0.1, 0.15) is 22.3 Å². The molecule has 0 amide bonds. The van der Waals surface area contributed by atoms with E-state index in [2.05, 4.69) is 0 Å². The number of esters is 3. The lowest BCUT2D eigenvalue weighted by molar-refractivity contribution is -0.133. The second-order valence-electron chi connectivity index (χ2n) is 7.08. The van der Waals surface area contributed by atoms with Crippen molar-refractivity contribution in [2.24, 2.45) is 0 Å². The summed E-state index contributed by atoms with van der Waals surface area (Å²) in [6, 6.07) is 4.51. The van der Waals surface area contributed by atoms with E-state index in [0.29, 0.717) is 0 Å². The maximum Gasteiger partial charge on any atom is 0.308 e. The number of carbonyl (C=O) groups is 4. The van der Waals surface area contributed by atoms with Crippen LogP contribution >= 0.6 is 0 Å². The van der Waals surface area contributed by atoms with Gasteiger partial charge in [0.05, 0.1) is 0 Å². The van der Waals surface area contributed by atoms with Gasteiger partial charge in [-0.2, -0.15) is 0 Å². The quantitative estimate of drug-likeness (QED) is 0.243. The predicted molar refractivity (Wildman–Crippen MR) is 115 cm³/mol. The Morgan fingerprint density at radius 1 is 0.794 bits per heavy atom. The van der Waals surface area contributed by atoms with Gasteiger partial charge in [0.2, 0.25) is 11.2 Å². The molecule has 0 saturated heterocycles. The Morgan fingerprint density at radius 3 is 1.91 bits per heavy atom. The van der Waals surface area contributed by atoms with Crippen LogP contribution in [0.1, 0.15) is 38.1 Å². The molecule has 0 aliphatic heterocycles. The van der Waals surface area contributed by atoms with Gasteiger partial charge in [-0.3, -0.25) is 24.0 Å². The summed E-state index contributed by atoms with van der Waals surface area (Å²) in [6.45, 7) is 4.23. The Bertz CT molecular complexity index is 1430. The first kappa shape index (κ1) is 24.0. The molecule has 0 unspecified atom stereocenters. The van der Waals surface area contributed by atoms with Gasteiger partial charge in [0.15, 0.2) is 28.8 Å². The summed E-state index contributed by atoms with van der Waals surface area (Å²) >= 11 is 0. The predicted octanol–water partition coefficient (Wildman–Crippen LogP) is 2.85. The molecular formula is C23H18O11. The summed E-state index contributed by atoms with van der Waals surface area (Å²) < 4.78 is 21.1. The molecule has 11 nitrogen and oxygen atoms in total. The van der Waals surface area contributed by atoms with Gasteiger partial charge in [-0.15, -0.1) is 0 Å². The van der Waals surface area contributed by atoms with E-state index in [1.807, 2.05) is 0 Å². The second-order valence-corrected chi connectivity index (χ2v) is 7.08. The van der Waals surface area contributed by atoms with Crippen molar-refractivity contribution in [2.45, 2.75) is 27.7 Å². The molecular weight excluding hydrogens is 452 g/mol. The zero-order valence-corrected chi connectivity index (χ0v) is 18.4. The summed E-state index contributed by atoms with van der Waals surface area (Å²) in [6.07, 6.45) is 0. The fourth-order valence-corrected chi connectivity index (χ4v) is 3.19. The topological polar surface area (TPSA) is 167 Å². The monoisotopic (exact) mass is 470 g/mol. The molecule has 0 radical (unpaired) electrons. The molecule has 34 heavy (non-hydrogen) atoms. The summed E-state index contributed by atoms with van der Waals surface area (Å²) in [7, 11) is 0. The first-order chi connectivity index (χ1) is 15.9. The summed E-state index contributed by atoms with van der Waals surface area (Å²) in [5.41, 5.74) is -1.63. The van der Waals surface area contributed by atoms with E-state index in [1.165, 1.54) is 6.07 Å². The number of hydrogen-bond acceptors (Lipinski definition) is 11. The first-order valence-corrected chi connectivity index (χ1v) is 9.67. The van der Waals surface area contributed by atoms with E-state index in [-0.39, 0.29) is 28.2 Å². The van der Waals surface area contributed by atoms with Gasteiger partial charge in [-0.25, -0.2) is 0 Å². The molecule has 176 valence electrons. The van der Waals surface area contributed by atoms with Crippen LogP contribution in [0.3, 0.4) is 0 Å². The zero-order chi connectivity index (χ0) is 25.3. The third-order valence-electron chi connectivity index (χ3n) is 4.40. The molecule has 0 bridgehead atoms. The Kier molecular flexibility index (Phi) is 6.39. The molecule has 3 rings (SSSR count). The maximum atomic E-state index is 13.5. The van der Waals surface area contributed by atoms with Crippen molar-refractivity contribution >= 4 is 34.7 Å². The number of rotatable bonds is 5.